The van der Waals surface area contributed by atoms with Crippen molar-refractivity contribution in [1.82, 2.24) is 16.0 Å². The second-order valence-corrected chi connectivity index (χ2v) is 8.89. The summed E-state index contributed by atoms with van der Waals surface area (Å²) < 4.78 is 0. The number of carboxylic acid groups (broad SMARTS) is 3. The van der Waals surface area contributed by atoms with Crippen molar-refractivity contribution < 1.29 is 44.1 Å². The third-order valence-electron chi connectivity index (χ3n) is 5.42. The molecule has 0 fully saturated rings. The lowest BCUT2D eigenvalue weighted by Crippen LogP contribution is -2.57. The lowest BCUT2D eigenvalue weighted by atomic mass is 10.1. The van der Waals surface area contributed by atoms with Gasteiger partial charge in [-0.25, -0.2) is 4.79 Å². The molecule has 0 aliphatic heterocycles. The summed E-state index contributed by atoms with van der Waals surface area (Å²) in [7, 11) is 0. The van der Waals surface area contributed by atoms with Gasteiger partial charge in [-0.2, -0.15) is 0 Å². The zero-order chi connectivity index (χ0) is 31.5. The fourth-order valence-corrected chi connectivity index (χ4v) is 3.30. The van der Waals surface area contributed by atoms with Crippen LogP contribution in [0.15, 0.2) is 9.98 Å². The van der Waals surface area contributed by atoms with Crippen LogP contribution in [0.1, 0.15) is 51.4 Å². The summed E-state index contributed by atoms with van der Waals surface area (Å²) >= 11 is 0. The number of amides is 3. The van der Waals surface area contributed by atoms with Crippen molar-refractivity contribution in [3.8, 4) is 0 Å². The maximum atomic E-state index is 13.1. The summed E-state index contributed by atoms with van der Waals surface area (Å²) in [6.07, 6.45) is -1.32. The molecule has 4 atom stereocenters. The number of carbonyl (C=O) groups is 6. The third-order valence-corrected chi connectivity index (χ3v) is 5.42. The highest BCUT2D eigenvalue weighted by atomic mass is 16.4. The average Bonchev–Trinajstić information content (AvgIpc) is 2.87. The SMILES string of the molecule is NC(N)=NCCCC(NC(=O)C(CCC(=O)O)NC(=O)C(CCCN=C(N)N)NC(=O)C(N)CCC(=O)O)C(=O)O. The summed E-state index contributed by atoms with van der Waals surface area (Å²) in [6.45, 7) is 0.174. The molecule has 0 saturated heterocycles. The van der Waals surface area contributed by atoms with Crippen LogP contribution in [0.2, 0.25) is 0 Å². The highest BCUT2D eigenvalue weighted by Crippen LogP contribution is 2.07. The van der Waals surface area contributed by atoms with E-state index in [1.54, 1.807) is 0 Å². The monoisotopic (exact) mass is 588 g/mol. The minimum absolute atomic E-state index is 0.0458. The van der Waals surface area contributed by atoms with Gasteiger partial charge in [0.15, 0.2) is 11.9 Å². The second-order valence-electron chi connectivity index (χ2n) is 8.89. The largest absolute Gasteiger partial charge is 0.481 e. The van der Waals surface area contributed by atoms with E-state index in [1.807, 2.05) is 0 Å². The Bertz CT molecular complexity index is 981. The lowest BCUT2D eigenvalue weighted by Gasteiger charge is -2.25. The van der Waals surface area contributed by atoms with Gasteiger partial charge in [0.05, 0.1) is 6.04 Å². The molecule has 16 N–H and O–H groups in total. The van der Waals surface area contributed by atoms with Crippen LogP contribution in [0.5, 0.6) is 0 Å². The molecule has 0 spiro atoms. The van der Waals surface area contributed by atoms with Gasteiger partial charge in [0.2, 0.25) is 17.7 Å². The molecule has 0 saturated carbocycles. The number of carbonyl (C=O) groups excluding carboxylic acids is 3. The van der Waals surface area contributed by atoms with Crippen molar-refractivity contribution in [3.05, 3.63) is 0 Å². The first kappa shape index (κ1) is 36.3. The van der Waals surface area contributed by atoms with E-state index in [0.717, 1.165) is 0 Å². The molecule has 3 amide bonds. The van der Waals surface area contributed by atoms with Crippen molar-refractivity contribution in [2.75, 3.05) is 13.1 Å². The topological polar surface area (TPSA) is 354 Å². The molecule has 0 rings (SSSR count). The normalized spacial score (nSPS) is 13.4. The van der Waals surface area contributed by atoms with E-state index in [-0.39, 0.29) is 57.1 Å². The molecule has 232 valence electrons. The van der Waals surface area contributed by atoms with Gasteiger partial charge in [-0.1, -0.05) is 0 Å². The minimum Gasteiger partial charge on any atom is -0.481 e. The first-order chi connectivity index (χ1) is 19.1. The van der Waals surface area contributed by atoms with Crippen molar-refractivity contribution in [2.45, 2.75) is 75.5 Å². The van der Waals surface area contributed by atoms with E-state index in [2.05, 4.69) is 25.9 Å². The Hall–Kier alpha value is -4.68. The van der Waals surface area contributed by atoms with Gasteiger partial charge in [-0.05, 0) is 38.5 Å². The molecule has 0 aliphatic carbocycles. The number of carboxylic acids is 3. The van der Waals surface area contributed by atoms with Gasteiger partial charge in [0, 0.05) is 25.9 Å². The zero-order valence-corrected chi connectivity index (χ0v) is 22.5. The Morgan fingerprint density at radius 1 is 0.585 bits per heavy atom. The third kappa shape index (κ3) is 17.5. The summed E-state index contributed by atoms with van der Waals surface area (Å²) in [5, 5.41) is 34.4. The van der Waals surface area contributed by atoms with Crippen LogP contribution < -0.4 is 44.6 Å². The standard InChI is InChI=1S/C22H40N10O9/c23-11(5-7-15(33)34)17(37)30-12(3-1-9-28-21(24)25)18(38)31-13(6-8-16(35)36)19(39)32-14(20(40)41)4-2-10-29-22(26)27/h11-14H,1-10,23H2,(H,30,37)(H,31,38)(H,32,39)(H,33,34)(H,35,36)(H,40,41)(H4,24,25,28)(H4,26,27,29). The number of rotatable bonds is 21. The van der Waals surface area contributed by atoms with Crippen molar-refractivity contribution in [3.63, 3.8) is 0 Å². The van der Waals surface area contributed by atoms with Crippen LogP contribution in [0.4, 0.5) is 0 Å². The van der Waals surface area contributed by atoms with Crippen molar-refractivity contribution >= 4 is 47.5 Å². The maximum Gasteiger partial charge on any atom is 0.326 e. The number of hydrogen-bond acceptors (Lipinski definition) is 9. The highest BCUT2D eigenvalue weighted by molar-refractivity contribution is 5.94. The Labute approximate surface area is 235 Å². The summed E-state index contributed by atoms with van der Waals surface area (Å²) in [6, 6.07) is -5.46. The number of nitrogens with one attached hydrogen (secondary N) is 3. The number of guanidine groups is 2. The van der Waals surface area contributed by atoms with Crippen LogP contribution in [-0.4, -0.2) is 100 Å². The maximum absolute atomic E-state index is 13.1. The number of aliphatic carboxylic acids is 3. The highest BCUT2D eigenvalue weighted by Gasteiger charge is 2.30. The van der Waals surface area contributed by atoms with Crippen LogP contribution in [0.25, 0.3) is 0 Å². The number of nitrogens with zero attached hydrogens (tertiary/aromatic N) is 2. The molecule has 4 unspecified atom stereocenters. The summed E-state index contributed by atoms with van der Waals surface area (Å²) in [5.74, 6) is -6.96. The van der Waals surface area contributed by atoms with E-state index in [9.17, 15) is 33.9 Å². The molecule has 19 nitrogen and oxygen atoms in total. The Morgan fingerprint density at radius 3 is 1.41 bits per heavy atom. The fourth-order valence-electron chi connectivity index (χ4n) is 3.30. The number of aliphatic imine (C=N–C) groups is 2. The molecular weight excluding hydrogens is 548 g/mol. The van der Waals surface area contributed by atoms with Crippen LogP contribution in [0.3, 0.4) is 0 Å². The molecule has 0 aromatic heterocycles. The van der Waals surface area contributed by atoms with E-state index in [0.29, 0.717) is 0 Å². The van der Waals surface area contributed by atoms with Crippen LogP contribution >= 0.6 is 0 Å². The van der Waals surface area contributed by atoms with Gasteiger partial charge in [0.1, 0.15) is 18.1 Å². The molecule has 41 heavy (non-hydrogen) atoms. The smallest absolute Gasteiger partial charge is 0.326 e. The van der Waals surface area contributed by atoms with Gasteiger partial charge in [-0.15, -0.1) is 0 Å². The number of nitrogens with two attached hydrogens (primary N) is 5. The molecule has 0 aromatic carbocycles. The first-order valence-corrected chi connectivity index (χ1v) is 12.6. The molecule has 0 aliphatic rings. The molecule has 0 bridgehead atoms. The predicted molar refractivity (Wildman–Crippen MR) is 145 cm³/mol. The van der Waals surface area contributed by atoms with Crippen LogP contribution in [-0.2, 0) is 28.8 Å². The Balaban J connectivity index is 5.69. The quantitative estimate of drug-likeness (QED) is 0.0343. The molecule has 19 heteroatoms. The van der Waals surface area contributed by atoms with Gasteiger partial charge in [-0.3, -0.25) is 34.0 Å². The Morgan fingerprint density at radius 2 is 0.976 bits per heavy atom. The van der Waals surface area contributed by atoms with Crippen LogP contribution in [0, 0.1) is 0 Å². The van der Waals surface area contributed by atoms with Gasteiger partial charge < -0.3 is 59.9 Å². The van der Waals surface area contributed by atoms with Gasteiger partial charge >= 0.3 is 17.9 Å². The van der Waals surface area contributed by atoms with Crippen molar-refractivity contribution in [2.24, 2.45) is 38.7 Å². The minimum atomic E-state index is -1.49. The summed E-state index contributed by atoms with van der Waals surface area (Å²) in [4.78, 5) is 79.6. The Kier molecular flexibility index (Phi) is 17.2. The van der Waals surface area contributed by atoms with Gasteiger partial charge in [0.25, 0.3) is 0 Å². The first-order valence-electron chi connectivity index (χ1n) is 12.6. The average molecular weight is 589 g/mol. The van der Waals surface area contributed by atoms with E-state index in [4.69, 9.17) is 38.9 Å². The zero-order valence-electron chi connectivity index (χ0n) is 22.5. The second kappa shape index (κ2) is 19.4. The van der Waals surface area contributed by atoms with Crippen molar-refractivity contribution in [1.29, 1.82) is 0 Å². The van der Waals surface area contributed by atoms with E-state index < -0.39 is 79.1 Å². The molecule has 0 heterocycles. The molecular formula is C22H40N10O9. The molecule has 0 radical (unpaired) electrons. The lowest BCUT2D eigenvalue weighted by molar-refractivity contribution is -0.143. The fraction of sp³-hybridized carbons (Fsp3) is 0.636. The summed E-state index contributed by atoms with van der Waals surface area (Å²) in [5.41, 5.74) is 26.7. The molecule has 0 aromatic rings. The van der Waals surface area contributed by atoms with E-state index in [1.165, 1.54) is 0 Å². The van der Waals surface area contributed by atoms with E-state index >= 15 is 0 Å². The predicted octanol–water partition coefficient (Wildman–Crippen LogP) is -4.31. The number of hydrogen-bond donors (Lipinski definition) is 11.